The largest absolute Gasteiger partial charge is 0.313 e. The molecule has 1 aromatic carbocycles. The molecule has 0 fully saturated rings. The Kier molecular flexibility index (Phi) is 4.08. The SMILES string of the molecule is CCSc1ccc(C)cc1-c1cc2c(C)cccn2c1C=O. The first-order valence-electron chi connectivity index (χ1n) is 7.45. The Hall–Kier alpha value is -2.00. The zero-order valence-corrected chi connectivity index (χ0v) is 13.9. The minimum Gasteiger partial charge on any atom is -0.313 e. The van der Waals surface area contributed by atoms with E-state index in [0.717, 1.165) is 34.4 Å². The summed E-state index contributed by atoms with van der Waals surface area (Å²) in [4.78, 5) is 12.9. The molecule has 0 radical (unpaired) electrons. The van der Waals surface area contributed by atoms with Gasteiger partial charge >= 0.3 is 0 Å². The number of benzene rings is 1. The van der Waals surface area contributed by atoms with Gasteiger partial charge in [-0.25, -0.2) is 0 Å². The first-order valence-corrected chi connectivity index (χ1v) is 8.44. The van der Waals surface area contributed by atoms with E-state index in [-0.39, 0.29) is 0 Å². The topological polar surface area (TPSA) is 21.5 Å². The van der Waals surface area contributed by atoms with Crippen molar-refractivity contribution in [3.8, 4) is 11.1 Å². The first-order chi connectivity index (χ1) is 10.7. The van der Waals surface area contributed by atoms with Gasteiger partial charge in [0.25, 0.3) is 0 Å². The van der Waals surface area contributed by atoms with E-state index >= 15 is 0 Å². The van der Waals surface area contributed by atoms with Gasteiger partial charge < -0.3 is 4.40 Å². The van der Waals surface area contributed by atoms with E-state index in [0.29, 0.717) is 0 Å². The molecule has 3 aromatic rings. The smallest absolute Gasteiger partial charge is 0.167 e. The summed E-state index contributed by atoms with van der Waals surface area (Å²) in [6, 6.07) is 12.6. The highest BCUT2D eigenvalue weighted by Crippen LogP contribution is 2.36. The lowest BCUT2D eigenvalue weighted by Gasteiger charge is -2.09. The van der Waals surface area contributed by atoms with Crippen LogP contribution in [0.3, 0.4) is 0 Å². The van der Waals surface area contributed by atoms with E-state index in [1.165, 1.54) is 16.0 Å². The van der Waals surface area contributed by atoms with E-state index in [1.54, 1.807) is 0 Å². The molecule has 112 valence electrons. The summed E-state index contributed by atoms with van der Waals surface area (Å²) in [6.45, 7) is 6.31. The molecule has 0 atom stereocenters. The quantitative estimate of drug-likeness (QED) is 0.491. The number of thioether (sulfide) groups is 1. The minimum absolute atomic E-state index is 0.724. The van der Waals surface area contributed by atoms with Crippen molar-refractivity contribution in [1.29, 1.82) is 0 Å². The van der Waals surface area contributed by atoms with E-state index in [1.807, 2.05) is 28.4 Å². The van der Waals surface area contributed by atoms with Gasteiger partial charge in [-0.05, 0) is 48.9 Å². The summed E-state index contributed by atoms with van der Waals surface area (Å²) in [5.41, 5.74) is 6.37. The number of rotatable bonds is 4. The van der Waals surface area contributed by atoms with Gasteiger partial charge in [0.2, 0.25) is 0 Å². The molecule has 22 heavy (non-hydrogen) atoms. The maximum atomic E-state index is 11.7. The molecule has 0 N–H and O–H groups in total. The molecule has 0 saturated heterocycles. The Balaban J connectivity index is 2.33. The molecule has 0 bridgehead atoms. The van der Waals surface area contributed by atoms with Gasteiger partial charge in [-0.1, -0.05) is 30.7 Å². The number of fused-ring (bicyclic) bond motifs is 1. The molecule has 0 aliphatic heterocycles. The number of nitrogens with zero attached hydrogens (tertiary/aromatic N) is 1. The molecular formula is C19H19NOS. The second-order valence-electron chi connectivity index (χ2n) is 5.44. The molecule has 2 aromatic heterocycles. The number of aryl methyl sites for hydroxylation is 2. The van der Waals surface area contributed by atoms with E-state index < -0.39 is 0 Å². The van der Waals surface area contributed by atoms with Crippen LogP contribution in [0.1, 0.15) is 28.5 Å². The molecular weight excluding hydrogens is 290 g/mol. The minimum atomic E-state index is 0.724. The van der Waals surface area contributed by atoms with Crippen molar-refractivity contribution in [2.45, 2.75) is 25.7 Å². The Morgan fingerprint density at radius 3 is 2.68 bits per heavy atom. The first kappa shape index (κ1) is 14.9. The second kappa shape index (κ2) is 6.01. The lowest BCUT2D eigenvalue weighted by atomic mass is 10.0. The van der Waals surface area contributed by atoms with Gasteiger partial charge in [-0.2, -0.15) is 0 Å². The Morgan fingerprint density at radius 2 is 1.95 bits per heavy atom. The maximum absolute atomic E-state index is 11.7. The van der Waals surface area contributed by atoms with Crippen molar-refractivity contribution in [1.82, 2.24) is 4.40 Å². The molecule has 2 nitrogen and oxygen atoms in total. The number of carbonyl (C=O) groups excluding carboxylic acids is 1. The van der Waals surface area contributed by atoms with Gasteiger partial charge in [-0.15, -0.1) is 11.8 Å². The molecule has 2 heterocycles. The summed E-state index contributed by atoms with van der Waals surface area (Å²) < 4.78 is 1.99. The summed E-state index contributed by atoms with van der Waals surface area (Å²) in [5.74, 6) is 1.01. The number of carbonyl (C=O) groups is 1. The zero-order chi connectivity index (χ0) is 15.7. The van der Waals surface area contributed by atoms with Crippen molar-refractivity contribution >= 4 is 23.6 Å². The highest BCUT2D eigenvalue weighted by atomic mass is 32.2. The van der Waals surface area contributed by atoms with Gasteiger partial charge in [0.05, 0.1) is 5.69 Å². The maximum Gasteiger partial charge on any atom is 0.167 e. The number of pyridine rings is 1. The fourth-order valence-corrected chi connectivity index (χ4v) is 3.63. The van der Waals surface area contributed by atoms with Gasteiger partial charge in [0.15, 0.2) is 6.29 Å². The summed E-state index contributed by atoms with van der Waals surface area (Å²) in [7, 11) is 0. The molecule has 0 saturated carbocycles. The predicted octanol–water partition coefficient (Wildman–Crippen LogP) is 5.15. The fraction of sp³-hybridized carbons (Fsp3) is 0.211. The second-order valence-corrected chi connectivity index (χ2v) is 6.75. The van der Waals surface area contributed by atoms with Crippen molar-refractivity contribution in [3.05, 3.63) is 59.4 Å². The molecule has 0 aliphatic carbocycles. The van der Waals surface area contributed by atoms with Crippen LogP contribution in [-0.2, 0) is 0 Å². The molecule has 0 unspecified atom stereocenters. The average molecular weight is 309 g/mol. The summed E-state index contributed by atoms with van der Waals surface area (Å²) in [6.07, 6.45) is 2.92. The monoisotopic (exact) mass is 309 g/mol. The predicted molar refractivity (Wildman–Crippen MR) is 94.1 cm³/mol. The lowest BCUT2D eigenvalue weighted by Crippen LogP contribution is -1.94. The molecule has 3 heteroatoms. The third-order valence-corrected chi connectivity index (χ3v) is 4.85. The van der Waals surface area contributed by atoms with Crippen molar-refractivity contribution in [3.63, 3.8) is 0 Å². The number of aldehydes is 1. The third kappa shape index (κ3) is 2.46. The van der Waals surface area contributed by atoms with Crippen LogP contribution in [0.25, 0.3) is 16.6 Å². The molecule has 0 spiro atoms. The molecule has 0 amide bonds. The molecule has 0 aliphatic rings. The van der Waals surface area contributed by atoms with Crippen molar-refractivity contribution in [2.75, 3.05) is 5.75 Å². The Bertz CT molecular complexity index is 848. The zero-order valence-electron chi connectivity index (χ0n) is 13.1. The highest BCUT2D eigenvalue weighted by molar-refractivity contribution is 7.99. The van der Waals surface area contributed by atoms with Crippen molar-refractivity contribution < 1.29 is 4.79 Å². The highest BCUT2D eigenvalue weighted by Gasteiger charge is 2.15. The summed E-state index contributed by atoms with van der Waals surface area (Å²) in [5, 5.41) is 0. The van der Waals surface area contributed by atoms with E-state index in [4.69, 9.17) is 0 Å². The summed E-state index contributed by atoms with van der Waals surface area (Å²) >= 11 is 1.81. The van der Waals surface area contributed by atoms with E-state index in [9.17, 15) is 4.79 Å². The Morgan fingerprint density at radius 1 is 1.14 bits per heavy atom. The Labute approximate surface area is 135 Å². The average Bonchev–Trinajstić information content (AvgIpc) is 2.89. The van der Waals surface area contributed by atoms with Crippen LogP contribution in [-0.4, -0.2) is 16.4 Å². The van der Waals surface area contributed by atoms with Crippen LogP contribution < -0.4 is 0 Å². The van der Waals surface area contributed by atoms with Crippen LogP contribution >= 0.6 is 11.8 Å². The van der Waals surface area contributed by atoms with Crippen LogP contribution in [0.2, 0.25) is 0 Å². The normalized spacial score (nSPS) is 11.0. The molecule has 3 rings (SSSR count). The third-order valence-electron chi connectivity index (χ3n) is 3.90. The lowest BCUT2D eigenvalue weighted by molar-refractivity contribution is 0.111. The van der Waals surface area contributed by atoms with E-state index in [2.05, 4.69) is 51.1 Å². The van der Waals surface area contributed by atoms with Crippen LogP contribution in [0.5, 0.6) is 0 Å². The fourth-order valence-electron chi connectivity index (χ4n) is 2.83. The number of aromatic nitrogens is 1. The van der Waals surface area contributed by atoms with Crippen LogP contribution in [0.15, 0.2) is 47.5 Å². The van der Waals surface area contributed by atoms with Crippen molar-refractivity contribution in [2.24, 2.45) is 0 Å². The number of hydrogen-bond donors (Lipinski definition) is 0. The standard InChI is InChI=1S/C19H19NOS/c1-4-22-19-8-7-13(2)10-16(19)15-11-17-14(3)6-5-9-20(17)18(15)12-21/h5-12H,4H2,1-3H3. The van der Waals surface area contributed by atoms with Gasteiger partial charge in [0, 0.05) is 22.2 Å². The van der Waals surface area contributed by atoms with Gasteiger partial charge in [-0.3, -0.25) is 4.79 Å². The van der Waals surface area contributed by atoms with Gasteiger partial charge in [0.1, 0.15) is 0 Å². The number of hydrogen-bond acceptors (Lipinski definition) is 2. The van der Waals surface area contributed by atoms with Crippen LogP contribution in [0, 0.1) is 13.8 Å². The van der Waals surface area contributed by atoms with Crippen LogP contribution in [0.4, 0.5) is 0 Å².